The molecule has 8 nitrogen and oxygen atoms in total. The summed E-state index contributed by atoms with van der Waals surface area (Å²) in [6.45, 7) is 6.59. The second-order valence-corrected chi connectivity index (χ2v) is 11.0. The maximum atomic E-state index is 12.8. The third kappa shape index (κ3) is 4.86. The van der Waals surface area contributed by atoms with Crippen LogP contribution < -0.4 is 5.56 Å². The van der Waals surface area contributed by atoms with E-state index in [9.17, 15) is 18.0 Å². The first-order valence-corrected chi connectivity index (χ1v) is 13.1. The summed E-state index contributed by atoms with van der Waals surface area (Å²) in [5, 5.41) is 1.05. The summed E-state index contributed by atoms with van der Waals surface area (Å²) < 4.78 is 25.0. The normalized spacial score (nSPS) is 21.4. The molecule has 0 radical (unpaired) electrons. The zero-order chi connectivity index (χ0) is 22.0. The molecule has 0 unspecified atom stereocenters. The molecule has 2 aliphatic rings. The van der Waals surface area contributed by atoms with Gasteiger partial charge in [0.25, 0.3) is 5.56 Å². The first-order chi connectivity index (χ1) is 14.9. The van der Waals surface area contributed by atoms with E-state index in [0.717, 1.165) is 0 Å². The summed E-state index contributed by atoms with van der Waals surface area (Å²) in [6, 6.07) is 7.26. The van der Waals surface area contributed by atoms with Crippen LogP contribution in [0.15, 0.2) is 46.9 Å². The maximum Gasteiger partial charge on any atom is 0.262 e. The van der Waals surface area contributed by atoms with Crippen LogP contribution in [0.1, 0.15) is 6.42 Å². The summed E-state index contributed by atoms with van der Waals surface area (Å²) in [7, 11) is -2.91. The number of carbonyl (C=O) groups excluding carboxylic acids is 1. The van der Waals surface area contributed by atoms with Crippen LogP contribution in [0.3, 0.4) is 0 Å². The summed E-state index contributed by atoms with van der Waals surface area (Å²) in [4.78, 5) is 34.2. The predicted molar refractivity (Wildman–Crippen MR) is 122 cm³/mol. The molecule has 0 saturated carbocycles. The SMILES string of the molecule is C=CCn1c(SCC(=O)N2CCN([C@H]3CCS(=O)(=O)C3)CC2)nc2ccccc2c1=O. The summed E-state index contributed by atoms with van der Waals surface area (Å²) in [5.74, 6) is 0.681. The Hall–Kier alpha value is -2.17. The first-order valence-electron chi connectivity index (χ1n) is 10.3. The number of amides is 1. The molecular weight excluding hydrogens is 436 g/mol. The van der Waals surface area contributed by atoms with Gasteiger partial charge in [0.2, 0.25) is 5.91 Å². The average molecular weight is 463 g/mol. The Morgan fingerprint density at radius 2 is 1.97 bits per heavy atom. The van der Waals surface area contributed by atoms with E-state index in [1.165, 1.54) is 11.8 Å². The second kappa shape index (κ2) is 9.13. The van der Waals surface area contributed by atoms with Crippen molar-refractivity contribution in [1.82, 2.24) is 19.4 Å². The number of carbonyl (C=O) groups is 1. The zero-order valence-corrected chi connectivity index (χ0v) is 18.9. The van der Waals surface area contributed by atoms with Crippen molar-refractivity contribution in [1.29, 1.82) is 0 Å². The molecule has 2 aromatic rings. The predicted octanol–water partition coefficient (Wildman–Crippen LogP) is 1.01. The van der Waals surface area contributed by atoms with Crippen LogP contribution in [-0.4, -0.2) is 83.2 Å². The molecule has 2 aliphatic heterocycles. The van der Waals surface area contributed by atoms with Crippen molar-refractivity contribution >= 4 is 38.4 Å². The van der Waals surface area contributed by atoms with Crippen molar-refractivity contribution in [2.45, 2.75) is 24.2 Å². The minimum atomic E-state index is -2.91. The van der Waals surface area contributed by atoms with Crippen LogP contribution in [0.25, 0.3) is 10.9 Å². The Labute approximate surface area is 185 Å². The number of hydrogen-bond acceptors (Lipinski definition) is 7. The van der Waals surface area contributed by atoms with Gasteiger partial charge in [-0.3, -0.25) is 19.1 Å². The number of rotatable bonds is 6. The van der Waals surface area contributed by atoms with Crippen LogP contribution in [0.4, 0.5) is 0 Å². The van der Waals surface area contributed by atoms with Crippen LogP contribution in [0.5, 0.6) is 0 Å². The van der Waals surface area contributed by atoms with Gasteiger partial charge < -0.3 is 4.90 Å². The van der Waals surface area contributed by atoms with Crippen molar-refractivity contribution in [3.05, 3.63) is 47.3 Å². The minimum Gasteiger partial charge on any atom is -0.339 e. The molecule has 0 bridgehead atoms. The van der Waals surface area contributed by atoms with Crippen molar-refractivity contribution in [3.8, 4) is 0 Å². The number of allylic oxidation sites excluding steroid dienone is 1. The van der Waals surface area contributed by atoms with Gasteiger partial charge >= 0.3 is 0 Å². The molecule has 3 heterocycles. The van der Waals surface area contributed by atoms with E-state index in [1.807, 2.05) is 11.0 Å². The van der Waals surface area contributed by atoms with E-state index in [4.69, 9.17) is 0 Å². The van der Waals surface area contributed by atoms with Crippen molar-refractivity contribution in [2.24, 2.45) is 0 Å². The van der Waals surface area contributed by atoms with Gasteiger partial charge in [-0.15, -0.1) is 6.58 Å². The van der Waals surface area contributed by atoms with Crippen molar-refractivity contribution < 1.29 is 13.2 Å². The lowest BCUT2D eigenvalue weighted by Crippen LogP contribution is -2.52. The summed E-state index contributed by atoms with van der Waals surface area (Å²) >= 11 is 1.26. The minimum absolute atomic E-state index is 0.00347. The van der Waals surface area contributed by atoms with Gasteiger partial charge in [0, 0.05) is 38.8 Å². The molecule has 1 amide bonds. The fourth-order valence-electron chi connectivity index (χ4n) is 4.17. The van der Waals surface area contributed by atoms with E-state index in [0.29, 0.717) is 55.2 Å². The topological polar surface area (TPSA) is 92.6 Å². The van der Waals surface area contributed by atoms with Gasteiger partial charge in [0.05, 0.1) is 28.2 Å². The molecule has 31 heavy (non-hydrogen) atoms. The maximum absolute atomic E-state index is 12.8. The third-order valence-electron chi connectivity index (χ3n) is 5.85. The van der Waals surface area contributed by atoms with Crippen LogP contribution in [-0.2, 0) is 21.2 Å². The Balaban J connectivity index is 1.39. The average Bonchev–Trinajstić information content (AvgIpc) is 3.14. The van der Waals surface area contributed by atoms with E-state index in [2.05, 4.69) is 16.5 Å². The standard InChI is InChI=1S/C21H26N4O4S2/c1-2-8-25-20(27)17-5-3-4-6-18(17)22-21(25)30-14-19(26)24-11-9-23(10-12-24)16-7-13-31(28,29)15-16/h2-6,16H,1,7-15H2/t16-/m0/s1. The highest BCUT2D eigenvalue weighted by Gasteiger charge is 2.34. The number of sulfone groups is 1. The number of benzene rings is 1. The van der Waals surface area contributed by atoms with Gasteiger partial charge in [-0.05, 0) is 18.6 Å². The summed E-state index contributed by atoms with van der Waals surface area (Å²) in [6.07, 6.45) is 2.33. The van der Waals surface area contributed by atoms with Gasteiger partial charge in [0.15, 0.2) is 15.0 Å². The lowest BCUT2D eigenvalue weighted by atomic mass is 10.2. The number of nitrogens with zero attached hydrogens (tertiary/aromatic N) is 4. The highest BCUT2D eigenvalue weighted by molar-refractivity contribution is 7.99. The first kappa shape index (κ1) is 22.0. The zero-order valence-electron chi connectivity index (χ0n) is 17.3. The molecule has 0 aliphatic carbocycles. The Morgan fingerprint density at radius 1 is 1.23 bits per heavy atom. The Morgan fingerprint density at radius 3 is 2.65 bits per heavy atom. The Bertz CT molecular complexity index is 1150. The molecule has 10 heteroatoms. The van der Waals surface area contributed by atoms with Crippen LogP contribution in [0, 0.1) is 0 Å². The molecule has 4 rings (SSSR count). The summed E-state index contributed by atoms with van der Waals surface area (Å²) in [5.41, 5.74) is 0.475. The van der Waals surface area contributed by atoms with Crippen LogP contribution in [0.2, 0.25) is 0 Å². The van der Waals surface area contributed by atoms with Crippen molar-refractivity contribution in [2.75, 3.05) is 43.4 Å². The lowest BCUT2D eigenvalue weighted by molar-refractivity contribution is -0.130. The number of hydrogen-bond donors (Lipinski definition) is 0. The molecule has 166 valence electrons. The fraction of sp³-hybridized carbons (Fsp3) is 0.476. The van der Waals surface area contributed by atoms with Crippen molar-refractivity contribution in [3.63, 3.8) is 0 Å². The molecule has 1 aromatic heterocycles. The van der Waals surface area contributed by atoms with Gasteiger partial charge in [-0.2, -0.15) is 0 Å². The molecule has 2 saturated heterocycles. The van der Waals surface area contributed by atoms with E-state index in [-0.39, 0.29) is 34.8 Å². The molecule has 0 spiro atoms. The molecule has 1 atom stereocenters. The molecule has 2 fully saturated rings. The van der Waals surface area contributed by atoms with Gasteiger partial charge in [-0.25, -0.2) is 13.4 Å². The monoisotopic (exact) mass is 462 g/mol. The fourth-order valence-corrected chi connectivity index (χ4v) is 6.84. The smallest absolute Gasteiger partial charge is 0.262 e. The van der Waals surface area contributed by atoms with E-state index >= 15 is 0 Å². The van der Waals surface area contributed by atoms with Gasteiger partial charge in [-0.1, -0.05) is 30.0 Å². The second-order valence-electron chi connectivity index (χ2n) is 7.88. The van der Waals surface area contributed by atoms with Crippen LogP contribution >= 0.6 is 11.8 Å². The number of fused-ring (bicyclic) bond motifs is 1. The highest BCUT2D eigenvalue weighted by atomic mass is 32.2. The molecule has 0 N–H and O–H groups in total. The van der Waals surface area contributed by atoms with E-state index < -0.39 is 9.84 Å². The number of para-hydroxylation sites is 1. The lowest BCUT2D eigenvalue weighted by Gasteiger charge is -2.37. The van der Waals surface area contributed by atoms with E-state index in [1.54, 1.807) is 28.8 Å². The number of piperazine rings is 1. The largest absolute Gasteiger partial charge is 0.339 e. The number of aromatic nitrogens is 2. The highest BCUT2D eigenvalue weighted by Crippen LogP contribution is 2.21. The number of thioether (sulfide) groups is 1. The quantitative estimate of drug-likeness (QED) is 0.359. The molecular formula is C21H26N4O4S2. The Kier molecular flexibility index (Phi) is 6.49. The van der Waals surface area contributed by atoms with Gasteiger partial charge in [0.1, 0.15) is 0 Å². The molecule has 1 aromatic carbocycles. The third-order valence-corrected chi connectivity index (χ3v) is 8.57.